The molecule has 4 nitrogen and oxygen atoms in total. The van der Waals surface area contributed by atoms with E-state index in [1.807, 2.05) is 36.6 Å². The number of thiophene rings is 1. The molecule has 0 saturated heterocycles. The maximum atomic E-state index is 12.7. The van der Waals surface area contributed by atoms with Gasteiger partial charge in [-0.15, -0.1) is 11.3 Å². The molecule has 102 valence electrons. The molecule has 1 amide bonds. The highest BCUT2D eigenvalue weighted by Gasteiger charge is 2.39. The van der Waals surface area contributed by atoms with Gasteiger partial charge in [0.05, 0.1) is 4.88 Å². The van der Waals surface area contributed by atoms with Gasteiger partial charge in [-0.05, 0) is 35.6 Å². The lowest BCUT2D eigenvalue weighted by atomic mass is 10.1. The summed E-state index contributed by atoms with van der Waals surface area (Å²) in [5.41, 5.74) is 2.49. The third-order valence-corrected chi connectivity index (χ3v) is 4.54. The highest BCUT2D eigenvalue weighted by atomic mass is 32.1. The second kappa shape index (κ2) is 4.76. The molecule has 1 aliphatic rings. The van der Waals surface area contributed by atoms with Crippen LogP contribution in [0.4, 0.5) is 5.69 Å². The van der Waals surface area contributed by atoms with Crippen molar-refractivity contribution < 1.29 is 14.7 Å². The molecule has 3 rings (SSSR count). The van der Waals surface area contributed by atoms with Gasteiger partial charge < -0.3 is 5.11 Å². The van der Waals surface area contributed by atoms with Crippen molar-refractivity contribution in [2.45, 2.75) is 19.4 Å². The van der Waals surface area contributed by atoms with E-state index in [-0.39, 0.29) is 5.91 Å². The minimum atomic E-state index is -0.969. The molecule has 5 heteroatoms. The summed E-state index contributed by atoms with van der Waals surface area (Å²) in [7, 11) is 0. The number of nitrogens with zero attached hydrogens (tertiary/aromatic N) is 1. The Morgan fingerprint density at radius 2 is 2.05 bits per heavy atom. The summed E-state index contributed by atoms with van der Waals surface area (Å²) in [5.74, 6) is -1.20. The van der Waals surface area contributed by atoms with Gasteiger partial charge in [0, 0.05) is 12.1 Å². The molecule has 0 aliphatic carbocycles. The van der Waals surface area contributed by atoms with E-state index in [9.17, 15) is 14.7 Å². The fourth-order valence-electron chi connectivity index (χ4n) is 2.54. The minimum absolute atomic E-state index is 0.227. The lowest BCUT2D eigenvalue weighted by Gasteiger charge is -2.22. The first kappa shape index (κ1) is 12.9. The van der Waals surface area contributed by atoms with Crippen LogP contribution in [-0.4, -0.2) is 23.0 Å². The van der Waals surface area contributed by atoms with Crippen molar-refractivity contribution in [2.75, 3.05) is 4.90 Å². The summed E-state index contributed by atoms with van der Waals surface area (Å²) in [6.45, 7) is 1.86. The monoisotopic (exact) mass is 287 g/mol. The fourth-order valence-corrected chi connectivity index (χ4v) is 3.40. The summed E-state index contributed by atoms with van der Waals surface area (Å²) in [6, 6.07) is 8.42. The van der Waals surface area contributed by atoms with Crippen molar-refractivity contribution >= 4 is 28.9 Å². The number of hydrogen-bond donors (Lipinski definition) is 1. The number of carbonyl (C=O) groups is 2. The second-order valence-corrected chi connectivity index (χ2v) is 5.71. The average molecular weight is 287 g/mol. The maximum absolute atomic E-state index is 12.7. The topological polar surface area (TPSA) is 57.6 Å². The zero-order chi connectivity index (χ0) is 14.3. The number of benzene rings is 1. The Kier molecular flexibility index (Phi) is 3.06. The van der Waals surface area contributed by atoms with E-state index in [1.165, 1.54) is 16.2 Å². The molecule has 0 radical (unpaired) electrons. The first-order valence-corrected chi connectivity index (χ1v) is 7.16. The van der Waals surface area contributed by atoms with Gasteiger partial charge >= 0.3 is 5.97 Å². The quantitative estimate of drug-likeness (QED) is 0.924. The second-order valence-electron chi connectivity index (χ2n) is 4.79. The third-order valence-electron chi connectivity index (χ3n) is 3.54. The van der Waals surface area contributed by atoms with E-state index in [1.54, 1.807) is 6.07 Å². The summed E-state index contributed by atoms with van der Waals surface area (Å²) in [5, 5.41) is 11.2. The molecule has 0 saturated carbocycles. The van der Waals surface area contributed by atoms with Gasteiger partial charge in [-0.3, -0.25) is 9.69 Å². The number of hydrogen-bond acceptors (Lipinski definition) is 3. The van der Waals surface area contributed by atoms with Crippen LogP contribution in [0.15, 0.2) is 35.7 Å². The van der Waals surface area contributed by atoms with Crippen molar-refractivity contribution in [1.82, 2.24) is 0 Å². The van der Waals surface area contributed by atoms with Gasteiger partial charge in [-0.1, -0.05) is 18.2 Å². The van der Waals surface area contributed by atoms with Crippen LogP contribution in [-0.2, 0) is 11.2 Å². The Bertz CT molecular complexity index is 692. The van der Waals surface area contributed by atoms with Crippen molar-refractivity contribution in [3.8, 4) is 0 Å². The fraction of sp³-hybridized carbons (Fsp3) is 0.200. The Balaban J connectivity index is 2.07. The average Bonchev–Trinajstić information content (AvgIpc) is 3.01. The van der Waals surface area contributed by atoms with Crippen LogP contribution in [0.2, 0.25) is 0 Å². The van der Waals surface area contributed by atoms with E-state index >= 15 is 0 Å². The summed E-state index contributed by atoms with van der Waals surface area (Å²) >= 11 is 1.35. The van der Waals surface area contributed by atoms with Crippen molar-refractivity contribution in [3.63, 3.8) is 0 Å². The number of carboxylic acid groups (broad SMARTS) is 1. The van der Waals surface area contributed by atoms with Crippen LogP contribution < -0.4 is 4.90 Å². The summed E-state index contributed by atoms with van der Waals surface area (Å²) < 4.78 is 0. The number of carbonyl (C=O) groups excluding carboxylic acids is 1. The predicted molar refractivity (Wildman–Crippen MR) is 77.4 cm³/mol. The SMILES string of the molecule is Cc1ccsc1C(=O)N1c2ccccc2CC1C(=O)O. The predicted octanol–water partition coefficient (Wildman–Crippen LogP) is 2.71. The van der Waals surface area contributed by atoms with Gasteiger partial charge in [-0.25, -0.2) is 4.79 Å². The summed E-state index contributed by atoms with van der Waals surface area (Å²) in [6.07, 6.45) is 0.363. The number of para-hydroxylation sites is 1. The van der Waals surface area contributed by atoms with Crippen LogP contribution in [0.3, 0.4) is 0 Å². The molecular weight excluding hydrogens is 274 g/mol. The molecule has 1 aromatic heterocycles. The smallest absolute Gasteiger partial charge is 0.327 e. The first-order valence-electron chi connectivity index (χ1n) is 6.28. The molecule has 2 heterocycles. The van der Waals surface area contributed by atoms with Crippen LogP contribution in [0.5, 0.6) is 0 Å². The molecule has 1 atom stereocenters. The normalized spacial score (nSPS) is 17.1. The summed E-state index contributed by atoms with van der Waals surface area (Å²) in [4.78, 5) is 26.1. The van der Waals surface area contributed by atoms with Gasteiger partial charge in [0.15, 0.2) is 0 Å². The van der Waals surface area contributed by atoms with Crippen molar-refractivity contribution in [2.24, 2.45) is 0 Å². The molecule has 2 aromatic rings. The van der Waals surface area contributed by atoms with Crippen LogP contribution >= 0.6 is 11.3 Å². The first-order chi connectivity index (χ1) is 9.59. The van der Waals surface area contributed by atoms with Crippen molar-refractivity contribution in [1.29, 1.82) is 0 Å². The van der Waals surface area contributed by atoms with Gasteiger partial charge in [0.1, 0.15) is 6.04 Å². The largest absolute Gasteiger partial charge is 0.480 e. The molecule has 0 spiro atoms. The molecular formula is C15H13NO3S. The Morgan fingerprint density at radius 1 is 1.30 bits per heavy atom. The molecule has 0 bridgehead atoms. The molecule has 1 N–H and O–H groups in total. The number of fused-ring (bicyclic) bond motifs is 1. The van der Waals surface area contributed by atoms with E-state index in [0.717, 1.165) is 11.1 Å². The molecule has 1 unspecified atom stereocenters. The molecule has 1 aromatic carbocycles. The maximum Gasteiger partial charge on any atom is 0.327 e. The highest BCUT2D eigenvalue weighted by molar-refractivity contribution is 7.12. The van der Waals surface area contributed by atoms with Gasteiger partial charge in [-0.2, -0.15) is 0 Å². The Labute approximate surface area is 120 Å². The lowest BCUT2D eigenvalue weighted by Crippen LogP contribution is -2.42. The third kappa shape index (κ3) is 1.91. The number of carboxylic acids is 1. The number of rotatable bonds is 2. The van der Waals surface area contributed by atoms with E-state index in [4.69, 9.17) is 0 Å². The molecule has 0 fully saturated rings. The zero-order valence-corrected chi connectivity index (χ0v) is 11.7. The number of amides is 1. The van der Waals surface area contributed by atoms with Crippen LogP contribution in [0.25, 0.3) is 0 Å². The number of anilines is 1. The Hall–Kier alpha value is -2.14. The van der Waals surface area contributed by atoms with Crippen LogP contribution in [0.1, 0.15) is 20.8 Å². The number of aryl methyl sites for hydroxylation is 1. The van der Waals surface area contributed by atoms with Crippen LogP contribution in [0, 0.1) is 6.92 Å². The van der Waals surface area contributed by atoms with E-state index in [2.05, 4.69) is 0 Å². The highest BCUT2D eigenvalue weighted by Crippen LogP contribution is 2.34. The number of aliphatic carboxylic acids is 1. The minimum Gasteiger partial charge on any atom is -0.480 e. The zero-order valence-electron chi connectivity index (χ0n) is 10.9. The van der Waals surface area contributed by atoms with E-state index in [0.29, 0.717) is 17.0 Å². The molecule has 20 heavy (non-hydrogen) atoms. The molecule has 1 aliphatic heterocycles. The van der Waals surface area contributed by atoms with Crippen molar-refractivity contribution in [3.05, 3.63) is 51.7 Å². The van der Waals surface area contributed by atoms with Gasteiger partial charge in [0.25, 0.3) is 5.91 Å². The standard InChI is InChI=1S/C15H13NO3S/c1-9-6-7-20-13(9)14(17)16-11-5-3-2-4-10(11)8-12(16)15(18)19/h2-7,12H,8H2,1H3,(H,18,19). The van der Waals surface area contributed by atoms with Gasteiger partial charge in [0.2, 0.25) is 0 Å². The lowest BCUT2D eigenvalue weighted by molar-refractivity contribution is -0.138. The van der Waals surface area contributed by atoms with E-state index < -0.39 is 12.0 Å². The Morgan fingerprint density at radius 3 is 2.70 bits per heavy atom.